The number of benzene rings is 4. The van der Waals surface area contributed by atoms with Crippen LogP contribution in [-0.4, -0.2) is 53.1 Å². The van der Waals surface area contributed by atoms with E-state index in [0.717, 1.165) is 10.4 Å². The van der Waals surface area contributed by atoms with Crippen LogP contribution in [0.2, 0.25) is 0 Å². The molecule has 1 aliphatic rings. The Morgan fingerprint density at radius 1 is 0.948 bits per heavy atom. The molecule has 1 aliphatic heterocycles. The van der Waals surface area contributed by atoms with Gasteiger partial charge in [0.25, 0.3) is 11.8 Å². The molecule has 4 aromatic carbocycles. The second kappa shape index (κ2) is 18.1. The van der Waals surface area contributed by atoms with E-state index < -0.39 is 28.8 Å². The Morgan fingerprint density at radius 2 is 1.67 bits per heavy atom. The van der Waals surface area contributed by atoms with Crippen LogP contribution in [0.1, 0.15) is 63.5 Å². The van der Waals surface area contributed by atoms with Gasteiger partial charge in [-0.1, -0.05) is 54.6 Å². The lowest BCUT2D eigenvalue weighted by atomic mass is 10.0. The molecule has 0 spiro atoms. The number of fused-ring (bicyclic) bond motifs is 1. The van der Waals surface area contributed by atoms with Crippen molar-refractivity contribution in [3.8, 4) is 17.6 Å². The molecule has 0 fully saturated rings. The number of thiophene rings is 1. The van der Waals surface area contributed by atoms with Gasteiger partial charge in [-0.2, -0.15) is 5.26 Å². The third-order valence-electron chi connectivity index (χ3n) is 8.79. The first-order valence-corrected chi connectivity index (χ1v) is 19.9. The first-order valence-electron chi connectivity index (χ1n) is 18.2. The maximum absolute atomic E-state index is 14.2. The molecule has 2 heterocycles. The summed E-state index contributed by atoms with van der Waals surface area (Å²) in [5.74, 6) is -1.24. The van der Waals surface area contributed by atoms with E-state index in [-0.39, 0.29) is 29.6 Å². The molecule has 1 atom stereocenters. The maximum Gasteiger partial charge on any atom is 0.410 e. The van der Waals surface area contributed by atoms with E-state index in [1.165, 1.54) is 48.4 Å². The summed E-state index contributed by atoms with van der Waals surface area (Å²) in [7, 11) is 1.43. The molecule has 6 rings (SSSR count). The van der Waals surface area contributed by atoms with Crippen molar-refractivity contribution in [3.05, 3.63) is 142 Å². The monoisotopic (exact) mass is 815 g/mol. The maximum atomic E-state index is 14.2. The molecule has 0 saturated heterocycles. The molecule has 4 N–H and O–H groups in total. The van der Waals surface area contributed by atoms with Crippen LogP contribution in [0.3, 0.4) is 0 Å². The van der Waals surface area contributed by atoms with Crippen LogP contribution in [0.25, 0.3) is 6.08 Å². The molecule has 0 bridgehead atoms. The number of aromatic hydroxyl groups is 1. The fourth-order valence-corrected chi connectivity index (χ4v) is 8.37. The van der Waals surface area contributed by atoms with Gasteiger partial charge in [0.15, 0.2) is 0 Å². The molecule has 0 saturated carbocycles. The number of hydrogen-bond acceptors (Lipinski definition) is 10. The number of phenols is 1. The van der Waals surface area contributed by atoms with Crippen molar-refractivity contribution in [2.45, 2.75) is 49.5 Å². The minimum Gasteiger partial charge on any atom is -0.508 e. The smallest absolute Gasteiger partial charge is 0.410 e. The van der Waals surface area contributed by atoms with E-state index in [1.54, 1.807) is 59.5 Å². The lowest BCUT2D eigenvalue weighted by Crippen LogP contribution is -2.39. The number of ether oxygens (including phenoxy) is 2. The Hall–Kier alpha value is -6.56. The normalized spacial score (nSPS) is 13.0. The van der Waals surface area contributed by atoms with Gasteiger partial charge in [-0.05, 0) is 86.9 Å². The molecule has 0 radical (unpaired) electrons. The highest BCUT2D eigenvalue weighted by molar-refractivity contribution is 8.00. The van der Waals surface area contributed by atoms with Crippen LogP contribution in [0.4, 0.5) is 15.5 Å². The number of nitrogens with one attached hydrogen (secondary N) is 3. The Labute approximate surface area is 344 Å². The standard InChI is InChI=1S/C44H41N5O7S2/c1-44(2,3)56-43(54)49-21-20-33-34(25-45)42(58-37(33)26-49)48-41(53)38(27-12-7-5-8-13-27)57-32-17-11-16-30(23-32)46-40(52)35(47-39(51)28-14-9-6-10-15-28)22-29-18-19-31(50)24-36(29)55-4/h5-19,22-24,38,50H,20-21,26H2,1-4H3,(H,46,52)(H,47,51)(H,48,53)/b35-22+. The predicted molar refractivity (Wildman–Crippen MR) is 225 cm³/mol. The number of carbonyl (C=O) groups excluding carboxylic acids is 4. The summed E-state index contributed by atoms with van der Waals surface area (Å²) >= 11 is 2.53. The van der Waals surface area contributed by atoms with Gasteiger partial charge in [-0.15, -0.1) is 23.1 Å². The number of rotatable bonds is 11. The Bertz CT molecular complexity index is 2400. The van der Waals surface area contributed by atoms with Crippen LogP contribution in [0.5, 0.6) is 11.5 Å². The number of phenolic OH excluding ortho intramolecular Hbond substituents is 1. The molecule has 0 aliphatic carbocycles. The lowest BCUT2D eigenvalue weighted by Gasteiger charge is -2.29. The summed E-state index contributed by atoms with van der Waals surface area (Å²) in [5, 5.41) is 28.4. The van der Waals surface area contributed by atoms with Crippen LogP contribution in [0, 0.1) is 11.3 Å². The van der Waals surface area contributed by atoms with Crippen LogP contribution in [-0.2, 0) is 27.3 Å². The number of thioether (sulfide) groups is 1. The highest BCUT2D eigenvalue weighted by Gasteiger charge is 2.31. The summed E-state index contributed by atoms with van der Waals surface area (Å²) in [6.07, 6.45) is 1.47. The van der Waals surface area contributed by atoms with E-state index in [1.807, 2.05) is 57.2 Å². The van der Waals surface area contributed by atoms with E-state index >= 15 is 0 Å². The number of methoxy groups -OCH3 is 1. The number of anilines is 2. The van der Waals surface area contributed by atoms with E-state index in [9.17, 15) is 29.5 Å². The topological polar surface area (TPSA) is 170 Å². The quantitative estimate of drug-likeness (QED) is 0.0754. The molecule has 12 nitrogen and oxygen atoms in total. The van der Waals surface area contributed by atoms with Gasteiger partial charge in [-0.3, -0.25) is 14.4 Å². The van der Waals surface area contributed by atoms with Crippen LogP contribution >= 0.6 is 23.1 Å². The van der Waals surface area contributed by atoms with Gasteiger partial charge in [0.05, 0.1) is 19.2 Å². The highest BCUT2D eigenvalue weighted by Crippen LogP contribution is 2.41. The van der Waals surface area contributed by atoms with Gasteiger partial charge < -0.3 is 35.4 Å². The average molecular weight is 816 g/mol. The molecule has 1 unspecified atom stereocenters. The van der Waals surface area contributed by atoms with Gasteiger partial charge in [0.2, 0.25) is 5.91 Å². The molecule has 4 amide bonds. The largest absolute Gasteiger partial charge is 0.508 e. The first-order chi connectivity index (χ1) is 27.8. The van der Waals surface area contributed by atoms with E-state index in [4.69, 9.17) is 9.47 Å². The zero-order valence-electron chi connectivity index (χ0n) is 32.2. The van der Waals surface area contributed by atoms with Crippen molar-refractivity contribution in [2.75, 3.05) is 24.3 Å². The van der Waals surface area contributed by atoms with Crippen molar-refractivity contribution < 1.29 is 33.8 Å². The van der Waals surface area contributed by atoms with Crippen molar-refractivity contribution in [2.24, 2.45) is 0 Å². The molecular formula is C44H41N5O7S2. The molecule has 14 heteroatoms. The van der Waals surface area contributed by atoms with E-state index in [0.29, 0.717) is 50.8 Å². The summed E-state index contributed by atoms with van der Waals surface area (Å²) in [6.45, 7) is 6.08. The second-order valence-electron chi connectivity index (χ2n) is 14.2. The summed E-state index contributed by atoms with van der Waals surface area (Å²) in [5.41, 5.74) is 2.35. The minimum absolute atomic E-state index is 0.0308. The third-order valence-corrected chi connectivity index (χ3v) is 11.2. The Kier molecular flexibility index (Phi) is 12.9. The molecule has 5 aromatic rings. The van der Waals surface area contributed by atoms with E-state index in [2.05, 4.69) is 22.0 Å². The molecule has 58 heavy (non-hydrogen) atoms. The summed E-state index contributed by atoms with van der Waals surface area (Å²) in [6, 6.07) is 31.3. The average Bonchev–Trinajstić information content (AvgIpc) is 3.56. The fraction of sp³-hybridized carbons (Fsp3) is 0.205. The minimum atomic E-state index is -0.765. The summed E-state index contributed by atoms with van der Waals surface area (Å²) in [4.78, 5) is 57.2. The summed E-state index contributed by atoms with van der Waals surface area (Å²) < 4.78 is 11.0. The second-order valence-corrected chi connectivity index (χ2v) is 16.4. The zero-order valence-corrected chi connectivity index (χ0v) is 33.8. The lowest BCUT2D eigenvalue weighted by molar-refractivity contribution is -0.116. The van der Waals surface area contributed by atoms with Crippen molar-refractivity contribution in [3.63, 3.8) is 0 Å². The number of amides is 4. The zero-order chi connectivity index (χ0) is 41.4. The highest BCUT2D eigenvalue weighted by atomic mass is 32.2. The third kappa shape index (κ3) is 10.2. The van der Waals surface area contributed by atoms with Crippen molar-refractivity contribution in [1.82, 2.24) is 10.2 Å². The van der Waals surface area contributed by atoms with Gasteiger partial charge >= 0.3 is 6.09 Å². The van der Waals surface area contributed by atoms with Gasteiger partial charge in [0, 0.05) is 39.2 Å². The predicted octanol–water partition coefficient (Wildman–Crippen LogP) is 8.51. The van der Waals surface area contributed by atoms with Crippen LogP contribution < -0.4 is 20.7 Å². The number of carbonyl (C=O) groups is 4. The van der Waals surface area contributed by atoms with Gasteiger partial charge in [-0.25, -0.2) is 4.79 Å². The van der Waals surface area contributed by atoms with Crippen molar-refractivity contribution >= 4 is 63.7 Å². The van der Waals surface area contributed by atoms with Crippen LogP contribution in [0.15, 0.2) is 114 Å². The first kappa shape index (κ1) is 41.1. The number of nitriles is 1. The molecule has 1 aromatic heterocycles. The SMILES string of the molecule is COc1cc(O)ccc1/C=C(/NC(=O)c1ccccc1)C(=O)Nc1cccc(SC(C(=O)Nc2sc3c(c2C#N)CCN(C(=O)OC(C)(C)C)C3)c2ccccc2)c1. The fourth-order valence-electron chi connectivity index (χ4n) is 6.07. The Balaban J connectivity index is 1.23. The number of hydrogen-bond donors (Lipinski definition) is 4. The number of nitrogens with zero attached hydrogens (tertiary/aromatic N) is 2. The Morgan fingerprint density at radius 3 is 2.36 bits per heavy atom. The van der Waals surface area contributed by atoms with Crippen molar-refractivity contribution in [1.29, 1.82) is 5.26 Å². The molecule has 296 valence electrons. The van der Waals surface area contributed by atoms with Gasteiger partial charge in [0.1, 0.15) is 39.1 Å². The molecular weight excluding hydrogens is 775 g/mol.